The third kappa shape index (κ3) is 5.31. The summed E-state index contributed by atoms with van der Waals surface area (Å²) >= 11 is 1.18. The highest BCUT2D eigenvalue weighted by molar-refractivity contribution is 8.16. The van der Waals surface area contributed by atoms with Gasteiger partial charge in [-0.2, -0.15) is 4.99 Å². The van der Waals surface area contributed by atoms with Crippen LogP contribution in [0.1, 0.15) is 26.3 Å². The molecule has 2 aliphatic rings. The number of amidine groups is 1. The van der Waals surface area contributed by atoms with E-state index in [0.717, 1.165) is 0 Å². The lowest BCUT2D eigenvalue weighted by atomic mass is 10.1. The van der Waals surface area contributed by atoms with Crippen LogP contribution in [0.4, 0.5) is 14.9 Å². The molecule has 0 aliphatic carbocycles. The van der Waals surface area contributed by atoms with Crippen molar-refractivity contribution in [3.05, 3.63) is 29.6 Å². The third-order valence-electron chi connectivity index (χ3n) is 4.50. The lowest BCUT2D eigenvalue weighted by Gasteiger charge is -2.24. The van der Waals surface area contributed by atoms with E-state index >= 15 is 0 Å². The summed E-state index contributed by atoms with van der Waals surface area (Å²) in [6.07, 6.45) is -0.740. The van der Waals surface area contributed by atoms with Gasteiger partial charge < -0.3 is 15.0 Å². The second kappa shape index (κ2) is 8.18. The van der Waals surface area contributed by atoms with Gasteiger partial charge in [-0.25, -0.2) is 17.6 Å². The number of halogens is 1. The van der Waals surface area contributed by atoms with Gasteiger partial charge in [-0.1, -0.05) is 17.8 Å². The number of amides is 2. The van der Waals surface area contributed by atoms with Crippen LogP contribution >= 0.6 is 11.8 Å². The smallest absolute Gasteiger partial charge is 0.408 e. The van der Waals surface area contributed by atoms with Gasteiger partial charge in [0.1, 0.15) is 18.0 Å². The predicted octanol–water partition coefficient (Wildman–Crippen LogP) is 2.26. The van der Waals surface area contributed by atoms with Gasteiger partial charge in [0, 0.05) is 10.9 Å². The monoisotopic (exact) mass is 457 g/mol. The Bertz CT molecular complexity index is 1000. The summed E-state index contributed by atoms with van der Waals surface area (Å²) in [5.41, 5.74) is 0.189. The molecule has 0 bridgehead atoms. The molecular formula is C19H24FN3O5S2. The molecule has 3 rings (SSSR count). The van der Waals surface area contributed by atoms with Crippen LogP contribution in [-0.2, 0) is 19.4 Å². The molecule has 164 valence electrons. The fourth-order valence-electron chi connectivity index (χ4n) is 3.21. The maximum Gasteiger partial charge on any atom is 0.408 e. The molecule has 30 heavy (non-hydrogen) atoms. The summed E-state index contributed by atoms with van der Waals surface area (Å²) in [4.78, 5) is 29.7. The van der Waals surface area contributed by atoms with Gasteiger partial charge in [0.05, 0.1) is 17.5 Å². The highest BCUT2D eigenvalue weighted by Gasteiger charge is 2.49. The van der Waals surface area contributed by atoms with E-state index in [9.17, 15) is 22.4 Å². The number of ether oxygens (including phenoxy) is 1. The van der Waals surface area contributed by atoms with Crippen LogP contribution in [-0.4, -0.2) is 60.5 Å². The van der Waals surface area contributed by atoms with Crippen LogP contribution in [0.25, 0.3) is 0 Å². The molecule has 0 saturated carbocycles. The number of thioether (sulfide) groups is 1. The average molecular weight is 458 g/mol. The summed E-state index contributed by atoms with van der Waals surface area (Å²) in [5, 5.41) is 2.34. The highest BCUT2D eigenvalue weighted by Crippen LogP contribution is 2.41. The molecule has 0 radical (unpaired) electrons. The molecule has 0 unspecified atom stereocenters. The Morgan fingerprint density at radius 3 is 2.67 bits per heavy atom. The van der Waals surface area contributed by atoms with Gasteiger partial charge in [0.25, 0.3) is 5.91 Å². The van der Waals surface area contributed by atoms with Crippen molar-refractivity contribution in [2.24, 2.45) is 4.99 Å². The fourth-order valence-corrected chi connectivity index (χ4v) is 7.14. The van der Waals surface area contributed by atoms with Crippen LogP contribution in [0.5, 0.6) is 0 Å². The minimum absolute atomic E-state index is 0.0312. The largest absolute Gasteiger partial charge is 0.444 e. The van der Waals surface area contributed by atoms with Crippen molar-refractivity contribution in [3.8, 4) is 0 Å². The van der Waals surface area contributed by atoms with Crippen molar-refractivity contribution in [1.29, 1.82) is 0 Å². The number of carbonyl (C=O) groups excluding carboxylic acids is 2. The molecule has 0 aromatic heterocycles. The molecule has 8 nitrogen and oxygen atoms in total. The molecule has 2 fully saturated rings. The van der Waals surface area contributed by atoms with Crippen molar-refractivity contribution in [2.45, 2.75) is 44.6 Å². The number of hydrogen-bond acceptors (Lipinski definition) is 6. The molecule has 1 aromatic carbocycles. The summed E-state index contributed by atoms with van der Waals surface area (Å²) < 4.78 is 43.4. The second-order valence-corrected chi connectivity index (χ2v) is 11.6. The van der Waals surface area contributed by atoms with E-state index in [2.05, 4.69) is 10.3 Å². The number of nitrogens with zero attached hydrogens (tertiary/aromatic N) is 2. The van der Waals surface area contributed by atoms with E-state index < -0.39 is 39.3 Å². The normalized spacial score (nSPS) is 24.0. The molecule has 1 N–H and O–H groups in total. The maximum absolute atomic E-state index is 14.1. The van der Waals surface area contributed by atoms with Gasteiger partial charge >= 0.3 is 6.09 Å². The second-order valence-electron chi connectivity index (χ2n) is 8.25. The number of carbonyl (C=O) groups is 2. The van der Waals surface area contributed by atoms with Crippen molar-refractivity contribution >= 4 is 44.5 Å². The van der Waals surface area contributed by atoms with Crippen molar-refractivity contribution < 1.29 is 27.1 Å². The zero-order valence-electron chi connectivity index (χ0n) is 17.1. The van der Waals surface area contributed by atoms with Gasteiger partial charge in [0.15, 0.2) is 15.0 Å². The molecular weight excluding hydrogens is 433 g/mol. The number of sulfone groups is 1. The molecule has 2 saturated heterocycles. The summed E-state index contributed by atoms with van der Waals surface area (Å²) in [6.45, 7) is 6.36. The average Bonchev–Trinajstić information content (AvgIpc) is 3.05. The van der Waals surface area contributed by atoms with E-state index in [1.165, 1.54) is 17.8 Å². The number of fused-ring (bicyclic) bond motifs is 1. The first-order valence-corrected chi connectivity index (χ1v) is 12.1. The molecule has 2 aliphatic heterocycles. The lowest BCUT2D eigenvalue weighted by molar-refractivity contribution is -0.117. The summed E-state index contributed by atoms with van der Waals surface area (Å²) in [5.74, 6) is -1.18. The zero-order valence-corrected chi connectivity index (χ0v) is 18.8. The quantitative estimate of drug-likeness (QED) is 0.742. The van der Waals surface area contributed by atoms with Crippen LogP contribution in [0, 0.1) is 12.7 Å². The molecule has 1 aromatic rings. The molecule has 2 atom stereocenters. The van der Waals surface area contributed by atoms with Crippen LogP contribution < -0.4 is 10.2 Å². The number of rotatable bonds is 3. The number of anilines is 1. The Labute approximate surface area is 179 Å². The SMILES string of the molecule is Cc1ccc(N2C(=NC(=O)CNC(=O)OC(C)(C)C)S[C@@H]3CS(=O)(=O)C[C@@H]32)cc1F. The van der Waals surface area contributed by atoms with E-state index in [0.29, 0.717) is 16.4 Å². The topological polar surface area (TPSA) is 105 Å². The molecule has 2 amide bonds. The number of benzene rings is 1. The standard InChI is InChI=1S/C19H24FN3O5S2/c1-11-5-6-12(7-13(11)20)23-14-9-30(26,27)10-15(14)29-17(23)22-16(24)8-21-18(25)28-19(2,3)4/h5-7,14-15H,8-10H2,1-4H3,(H,21,25)/t14-,15+/m0/s1. The van der Waals surface area contributed by atoms with Gasteiger partial charge in [0.2, 0.25) is 0 Å². The number of aliphatic imine (C=N–C) groups is 1. The van der Waals surface area contributed by atoms with Crippen LogP contribution in [0.2, 0.25) is 0 Å². The first-order valence-electron chi connectivity index (χ1n) is 9.35. The number of alkyl carbamates (subject to hydrolysis) is 1. The zero-order chi connectivity index (χ0) is 22.3. The minimum atomic E-state index is -3.23. The Balaban J connectivity index is 1.80. The fraction of sp³-hybridized carbons (Fsp3) is 0.526. The van der Waals surface area contributed by atoms with Gasteiger partial charge in [-0.15, -0.1) is 0 Å². The predicted molar refractivity (Wildman–Crippen MR) is 114 cm³/mol. The summed E-state index contributed by atoms with van der Waals surface area (Å²) in [7, 11) is -3.23. The van der Waals surface area contributed by atoms with Crippen LogP contribution in [0.15, 0.2) is 23.2 Å². The third-order valence-corrected chi connectivity index (χ3v) is 7.71. The number of nitrogens with one attached hydrogen (secondary N) is 1. The Morgan fingerprint density at radius 2 is 2.03 bits per heavy atom. The Kier molecular flexibility index (Phi) is 6.15. The summed E-state index contributed by atoms with van der Waals surface area (Å²) in [6, 6.07) is 4.13. The van der Waals surface area contributed by atoms with Crippen LogP contribution in [0.3, 0.4) is 0 Å². The molecule has 11 heteroatoms. The van der Waals surface area contributed by atoms with Gasteiger partial charge in [-0.3, -0.25) is 4.79 Å². The molecule has 0 spiro atoms. The first kappa shape index (κ1) is 22.5. The maximum atomic E-state index is 14.1. The lowest BCUT2D eigenvalue weighted by Crippen LogP contribution is -2.38. The highest BCUT2D eigenvalue weighted by atomic mass is 32.2. The van der Waals surface area contributed by atoms with E-state index in [1.54, 1.807) is 44.7 Å². The van der Waals surface area contributed by atoms with Gasteiger partial charge in [-0.05, 0) is 45.4 Å². The first-order chi connectivity index (χ1) is 13.8. The Hall–Kier alpha value is -2.14. The van der Waals surface area contributed by atoms with E-state index in [-0.39, 0.29) is 23.3 Å². The minimum Gasteiger partial charge on any atom is -0.444 e. The van der Waals surface area contributed by atoms with Crippen molar-refractivity contribution in [3.63, 3.8) is 0 Å². The molecule has 2 heterocycles. The number of hydrogen-bond donors (Lipinski definition) is 1. The number of aryl methyl sites for hydroxylation is 1. The van der Waals surface area contributed by atoms with E-state index in [4.69, 9.17) is 4.74 Å². The van der Waals surface area contributed by atoms with Crippen molar-refractivity contribution in [1.82, 2.24) is 5.32 Å². The Morgan fingerprint density at radius 1 is 1.33 bits per heavy atom. The van der Waals surface area contributed by atoms with E-state index in [1.807, 2.05) is 0 Å². The van der Waals surface area contributed by atoms with Crippen molar-refractivity contribution in [2.75, 3.05) is 23.0 Å².